The summed E-state index contributed by atoms with van der Waals surface area (Å²) in [6.07, 6.45) is 6.55. The number of hydrogen-bond donors (Lipinski definition) is 2. The topological polar surface area (TPSA) is 92.7 Å². The number of benzene rings is 1. The van der Waals surface area contributed by atoms with Gasteiger partial charge in [-0.05, 0) is 25.1 Å². The number of para-hydroxylation sites is 1. The lowest BCUT2D eigenvalue weighted by atomic mass is 10.1. The minimum atomic E-state index is -0.699. The lowest BCUT2D eigenvalue weighted by Gasteiger charge is -2.06. The van der Waals surface area contributed by atoms with Gasteiger partial charge in [0.15, 0.2) is 0 Å². The van der Waals surface area contributed by atoms with Gasteiger partial charge in [0.05, 0.1) is 17.4 Å². The van der Waals surface area contributed by atoms with Crippen LogP contribution in [0.1, 0.15) is 16.1 Å². The van der Waals surface area contributed by atoms with Crippen molar-refractivity contribution >= 4 is 28.3 Å². The van der Waals surface area contributed by atoms with Crippen molar-refractivity contribution in [2.75, 3.05) is 5.32 Å². The van der Waals surface area contributed by atoms with Gasteiger partial charge < -0.3 is 10.3 Å². The molecule has 1 aromatic carbocycles. The minimum Gasteiger partial charge on any atom is -0.358 e. The number of pyridine rings is 1. The minimum absolute atomic E-state index is 0.390. The summed E-state index contributed by atoms with van der Waals surface area (Å²) >= 11 is 0. The Hall–Kier alpha value is -3.74. The molecule has 0 spiro atoms. The average molecular weight is 345 g/mol. The number of amides is 1. The van der Waals surface area contributed by atoms with Gasteiger partial charge in [-0.3, -0.25) is 14.2 Å². The van der Waals surface area contributed by atoms with Crippen LogP contribution >= 0.6 is 0 Å². The van der Waals surface area contributed by atoms with Crippen LogP contribution in [0.2, 0.25) is 0 Å². The second kappa shape index (κ2) is 6.29. The Morgan fingerprint density at radius 1 is 1.15 bits per heavy atom. The van der Waals surface area contributed by atoms with E-state index in [0.717, 1.165) is 10.9 Å². The summed E-state index contributed by atoms with van der Waals surface area (Å²) in [7, 11) is 0. The van der Waals surface area contributed by atoms with Gasteiger partial charge in [-0.15, -0.1) is 0 Å². The monoisotopic (exact) mass is 345 g/mol. The van der Waals surface area contributed by atoms with E-state index in [-0.39, 0.29) is 0 Å². The summed E-state index contributed by atoms with van der Waals surface area (Å²) in [6.45, 7) is 1.78. The fourth-order valence-electron chi connectivity index (χ4n) is 2.88. The van der Waals surface area contributed by atoms with E-state index in [0.29, 0.717) is 22.8 Å². The molecular formula is C19H15N5O2. The molecule has 1 amide bonds. The fraction of sp³-hybridized carbons (Fsp3) is 0.0526. The highest BCUT2D eigenvalue weighted by atomic mass is 16.2. The third kappa shape index (κ3) is 2.75. The van der Waals surface area contributed by atoms with Crippen molar-refractivity contribution in [1.29, 1.82) is 0 Å². The lowest BCUT2D eigenvalue weighted by Crippen LogP contribution is -2.23. The second-order valence-electron chi connectivity index (χ2n) is 5.83. The Kier molecular flexibility index (Phi) is 3.81. The smallest absolute Gasteiger partial charge is 0.296 e. The number of imidazole rings is 1. The van der Waals surface area contributed by atoms with Crippen LogP contribution in [-0.2, 0) is 4.79 Å². The summed E-state index contributed by atoms with van der Waals surface area (Å²) in [5.74, 6) is -0.618. The van der Waals surface area contributed by atoms with Crippen LogP contribution in [0.5, 0.6) is 0 Å². The van der Waals surface area contributed by atoms with E-state index in [4.69, 9.17) is 0 Å². The van der Waals surface area contributed by atoms with Crippen LogP contribution in [0.15, 0.2) is 61.3 Å². The molecule has 4 aromatic rings. The number of H-pyrrole nitrogens is 1. The normalized spacial score (nSPS) is 10.8. The molecule has 0 aliphatic rings. The molecule has 0 atom stereocenters. The van der Waals surface area contributed by atoms with Crippen molar-refractivity contribution in [1.82, 2.24) is 19.5 Å². The van der Waals surface area contributed by atoms with Crippen molar-refractivity contribution in [3.8, 4) is 5.82 Å². The molecule has 0 fully saturated rings. The Morgan fingerprint density at radius 2 is 2.00 bits per heavy atom. The molecule has 0 aliphatic heterocycles. The van der Waals surface area contributed by atoms with Gasteiger partial charge >= 0.3 is 0 Å². The summed E-state index contributed by atoms with van der Waals surface area (Å²) in [4.78, 5) is 36.4. The van der Waals surface area contributed by atoms with Crippen molar-refractivity contribution in [2.24, 2.45) is 0 Å². The third-order valence-corrected chi connectivity index (χ3v) is 4.10. The number of hydrogen-bond acceptors (Lipinski definition) is 4. The highest BCUT2D eigenvalue weighted by Crippen LogP contribution is 2.22. The van der Waals surface area contributed by atoms with E-state index in [1.807, 2.05) is 24.3 Å². The van der Waals surface area contributed by atoms with Crippen molar-refractivity contribution in [3.05, 3.63) is 72.6 Å². The van der Waals surface area contributed by atoms with Crippen molar-refractivity contribution < 1.29 is 9.59 Å². The Morgan fingerprint density at radius 3 is 2.73 bits per heavy atom. The van der Waals surface area contributed by atoms with E-state index in [1.165, 1.54) is 6.20 Å². The first kappa shape index (κ1) is 15.8. The van der Waals surface area contributed by atoms with Crippen molar-refractivity contribution in [2.45, 2.75) is 6.92 Å². The van der Waals surface area contributed by atoms with E-state index in [2.05, 4.69) is 20.3 Å². The fourth-order valence-corrected chi connectivity index (χ4v) is 2.88. The zero-order valence-electron chi connectivity index (χ0n) is 13.9. The SMILES string of the molecule is Cc1[nH]c2ccccc2c1C(=O)C(=O)Nc1ccc(-n2ccnc2)nc1. The number of carbonyl (C=O) groups excluding carboxylic acids is 2. The van der Waals surface area contributed by atoms with Gasteiger partial charge in [0, 0.05) is 29.0 Å². The molecule has 0 saturated carbocycles. The third-order valence-electron chi connectivity index (χ3n) is 4.10. The quantitative estimate of drug-likeness (QED) is 0.439. The first-order chi connectivity index (χ1) is 12.6. The Bertz CT molecular complexity index is 1090. The predicted molar refractivity (Wildman–Crippen MR) is 97.4 cm³/mol. The summed E-state index contributed by atoms with van der Waals surface area (Å²) < 4.78 is 1.74. The number of carbonyl (C=O) groups is 2. The Balaban J connectivity index is 1.56. The van der Waals surface area contributed by atoms with Crippen molar-refractivity contribution in [3.63, 3.8) is 0 Å². The zero-order chi connectivity index (χ0) is 18.1. The molecule has 0 bridgehead atoms. The molecular weight excluding hydrogens is 330 g/mol. The molecule has 2 N–H and O–H groups in total. The second-order valence-corrected chi connectivity index (χ2v) is 5.83. The van der Waals surface area contributed by atoms with Gasteiger partial charge in [0.2, 0.25) is 0 Å². The number of aromatic amines is 1. The number of ketones is 1. The number of nitrogens with one attached hydrogen (secondary N) is 2. The number of rotatable bonds is 4. The van der Waals surface area contributed by atoms with Crippen LogP contribution in [0, 0.1) is 6.92 Å². The highest BCUT2D eigenvalue weighted by Gasteiger charge is 2.22. The highest BCUT2D eigenvalue weighted by molar-refractivity contribution is 6.48. The van der Waals surface area contributed by atoms with E-state index in [1.54, 1.807) is 42.3 Å². The largest absolute Gasteiger partial charge is 0.358 e. The summed E-state index contributed by atoms with van der Waals surface area (Å²) in [5, 5.41) is 3.34. The number of anilines is 1. The van der Waals surface area contributed by atoms with Gasteiger partial charge in [-0.25, -0.2) is 9.97 Å². The summed E-state index contributed by atoms with van der Waals surface area (Å²) in [6, 6.07) is 10.8. The molecule has 7 heteroatoms. The first-order valence-electron chi connectivity index (χ1n) is 8.01. The first-order valence-corrected chi connectivity index (χ1v) is 8.01. The molecule has 0 saturated heterocycles. The summed E-state index contributed by atoms with van der Waals surface area (Å²) in [5.41, 5.74) is 2.33. The van der Waals surface area contributed by atoms with Gasteiger partial charge in [0.1, 0.15) is 12.1 Å². The molecule has 26 heavy (non-hydrogen) atoms. The molecule has 128 valence electrons. The molecule has 0 unspecified atom stereocenters. The number of aryl methyl sites for hydroxylation is 1. The maximum Gasteiger partial charge on any atom is 0.296 e. The van der Waals surface area contributed by atoms with Crippen LogP contribution < -0.4 is 5.32 Å². The number of nitrogens with zero attached hydrogens (tertiary/aromatic N) is 3. The van der Waals surface area contributed by atoms with Crippen LogP contribution in [0.4, 0.5) is 5.69 Å². The number of aromatic nitrogens is 4. The lowest BCUT2D eigenvalue weighted by molar-refractivity contribution is -0.112. The molecule has 0 radical (unpaired) electrons. The van der Waals surface area contributed by atoms with Gasteiger partial charge in [-0.1, -0.05) is 18.2 Å². The molecule has 3 heterocycles. The molecule has 7 nitrogen and oxygen atoms in total. The van der Waals surface area contributed by atoms with E-state index >= 15 is 0 Å². The molecule has 0 aliphatic carbocycles. The van der Waals surface area contributed by atoms with Crippen LogP contribution in [0.25, 0.3) is 16.7 Å². The van der Waals surface area contributed by atoms with Crippen LogP contribution in [-0.4, -0.2) is 31.2 Å². The number of fused-ring (bicyclic) bond motifs is 1. The molecule has 4 rings (SSSR count). The Labute approximate surface area is 148 Å². The van der Waals surface area contributed by atoms with Gasteiger partial charge in [-0.2, -0.15) is 0 Å². The zero-order valence-corrected chi connectivity index (χ0v) is 13.9. The number of Topliss-reactive ketones (excluding diaryl/α,β-unsaturated/α-hetero) is 1. The average Bonchev–Trinajstić information content (AvgIpc) is 3.29. The maximum absolute atomic E-state index is 12.6. The van der Waals surface area contributed by atoms with E-state index in [9.17, 15) is 9.59 Å². The predicted octanol–water partition coefficient (Wildman–Crippen LogP) is 2.88. The van der Waals surface area contributed by atoms with Crippen LogP contribution in [0.3, 0.4) is 0 Å². The van der Waals surface area contributed by atoms with Gasteiger partial charge in [0.25, 0.3) is 11.7 Å². The van der Waals surface area contributed by atoms with E-state index < -0.39 is 11.7 Å². The maximum atomic E-state index is 12.6. The standard InChI is InChI=1S/C19H15N5O2/c1-12-17(14-4-2-3-5-15(14)22-12)18(25)19(26)23-13-6-7-16(21-10-13)24-9-8-20-11-24/h2-11,22H,1H3,(H,23,26). The molecule has 3 aromatic heterocycles.